The minimum Gasteiger partial charge on any atom is -0.357 e. The molecule has 1 aliphatic heterocycles. The maximum Gasteiger partial charge on any atom is 0.244 e. The fourth-order valence-electron chi connectivity index (χ4n) is 1.39. The second-order valence-electron chi connectivity index (χ2n) is 2.92. The zero-order valence-electron chi connectivity index (χ0n) is 6.93. The first-order valence-electron chi connectivity index (χ1n) is 3.77. The maximum atomic E-state index is 11.4. The Morgan fingerprint density at radius 2 is 2.00 bits per heavy atom. The number of hydrogen-bond donors (Lipinski definition) is 4. The molecule has 0 amide bonds. The van der Waals surface area contributed by atoms with Crippen LogP contribution in [0.4, 0.5) is 0 Å². The van der Waals surface area contributed by atoms with Gasteiger partial charge < -0.3 is 10.3 Å². The molecule has 0 saturated heterocycles. The van der Waals surface area contributed by atoms with Crippen molar-refractivity contribution in [2.24, 2.45) is 0 Å². The number of hydrogen-bond acceptors (Lipinski definition) is 5. The van der Waals surface area contributed by atoms with Crippen LogP contribution in [0.15, 0.2) is 29.2 Å². The highest BCUT2D eigenvalue weighted by Crippen LogP contribution is 2.31. The molecule has 1 aliphatic rings. The summed E-state index contributed by atoms with van der Waals surface area (Å²) >= 11 is 0. The first-order valence-corrected chi connectivity index (χ1v) is 5.25. The predicted molar refractivity (Wildman–Crippen MR) is 45.6 cm³/mol. The number of aliphatic hydroxyl groups is 1. The number of rotatable bonds is 1. The highest BCUT2D eigenvalue weighted by molar-refractivity contribution is 7.89. The first-order chi connectivity index (χ1) is 6.49. The van der Waals surface area contributed by atoms with E-state index >= 15 is 0 Å². The molecule has 14 heavy (non-hydrogen) atoms. The highest BCUT2D eigenvalue weighted by Gasteiger charge is 2.45. The Morgan fingerprint density at radius 3 is 2.64 bits per heavy atom. The SMILES string of the molecule is O=S1(=O)NC(O)(NO)c2ccccc21. The van der Waals surface area contributed by atoms with E-state index in [4.69, 9.17) is 5.21 Å². The van der Waals surface area contributed by atoms with Gasteiger partial charge in [-0.3, -0.25) is 0 Å². The summed E-state index contributed by atoms with van der Waals surface area (Å²) in [5, 5.41) is 18.3. The van der Waals surface area contributed by atoms with E-state index in [2.05, 4.69) is 0 Å². The van der Waals surface area contributed by atoms with Gasteiger partial charge in [-0.15, -0.1) is 0 Å². The van der Waals surface area contributed by atoms with Crippen LogP contribution in [0.5, 0.6) is 0 Å². The molecular weight excluding hydrogens is 208 g/mol. The summed E-state index contributed by atoms with van der Waals surface area (Å²) in [6.45, 7) is 0. The van der Waals surface area contributed by atoms with Crippen molar-refractivity contribution in [3.05, 3.63) is 29.8 Å². The molecular formula is C7H8N2O4S. The van der Waals surface area contributed by atoms with Crippen molar-refractivity contribution in [2.45, 2.75) is 10.7 Å². The lowest BCUT2D eigenvalue weighted by Gasteiger charge is -2.19. The monoisotopic (exact) mass is 216 g/mol. The van der Waals surface area contributed by atoms with Crippen molar-refractivity contribution in [2.75, 3.05) is 0 Å². The second kappa shape index (κ2) is 2.75. The predicted octanol–water partition coefficient (Wildman–Crippen LogP) is -0.940. The lowest BCUT2D eigenvalue weighted by Crippen LogP contribution is -2.50. The molecule has 0 saturated carbocycles. The largest absolute Gasteiger partial charge is 0.357 e. The molecule has 2 rings (SSSR count). The fourth-order valence-corrected chi connectivity index (χ4v) is 2.80. The van der Waals surface area contributed by atoms with E-state index in [1.165, 1.54) is 23.7 Å². The zero-order chi connectivity index (χ0) is 10.4. The Morgan fingerprint density at radius 1 is 1.36 bits per heavy atom. The molecule has 0 radical (unpaired) electrons. The summed E-state index contributed by atoms with van der Waals surface area (Å²) in [5.74, 6) is -2.13. The molecule has 1 aromatic carbocycles. The highest BCUT2D eigenvalue weighted by atomic mass is 32.2. The average molecular weight is 216 g/mol. The molecule has 0 spiro atoms. The molecule has 1 unspecified atom stereocenters. The minimum atomic E-state index is -3.75. The van der Waals surface area contributed by atoms with Gasteiger partial charge in [-0.1, -0.05) is 18.2 Å². The Balaban J connectivity index is 2.73. The van der Waals surface area contributed by atoms with Gasteiger partial charge in [0.15, 0.2) is 0 Å². The van der Waals surface area contributed by atoms with Gasteiger partial charge in [0.05, 0.1) is 4.90 Å². The van der Waals surface area contributed by atoms with E-state index in [1.54, 1.807) is 6.07 Å². The van der Waals surface area contributed by atoms with Crippen LogP contribution in [0.1, 0.15) is 5.56 Å². The van der Waals surface area contributed by atoms with E-state index in [1.807, 2.05) is 4.72 Å². The summed E-state index contributed by atoms with van der Waals surface area (Å²) < 4.78 is 24.7. The van der Waals surface area contributed by atoms with E-state index < -0.39 is 15.9 Å². The molecule has 1 atom stereocenters. The van der Waals surface area contributed by atoms with Crippen LogP contribution in [0.3, 0.4) is 0 Å². The molecule has 0 fully saturated rings. The van der Waals surface area contributed by atoms with Gasteiger partial charge in [-0.25, -0.2) is 8.42 Å². The van der Waals surface area contributed by atoms with Gasteiger partial charge >= 0.3 is 0 Å². The van der Waals surface area contributed by atoms with E-state index in [0.29, 0.717) is 0 Å². The minimum absolute atomic E-state index is 0.0518. The van der Waals surface area contributed by atoms with Crippen LogP contribution < -0.4 is 10.2 Å². The topological polar surface area (TPSA) is 98.7 Å². The third-order valence-corrected chi connectivity index (χ3v) is 3.51. The lowest BCUT2D eigenvalue weighted by molar-refractivity contribution is -0.106. The summed E-state index contributed by atoms with van der Waals surface area (Å²) in [4.78, 5) is -0.0518. The van der Waals surface area contributed by atoms with E-state index in [9.17, 15) is 13.5 Å². The van der Waals surface area contributed by atoms with Crippen LogP contribution >= 0.6 is 0 Å². The van der Waals surface area contributed by atoms with Crippen LogP contribution in [0.25, 0.3) is 0 Å². The second-order valence-corrected chi connectivity index (χ2v) is 4.57. The molecule has 6 nitrogen and oxygen atoms in total. The standard InChI is InChI=1S/C7H8N2O4S/c10-7(8-11)5-3-1-2-4-6(5)14(12,13)9-7/h1-4,8-11H. The molecule has 7 heteroatoms. The third-order valence-electron chi connectivity index (χ3n) is 2.01. The molecule has 0 aromatic heterocycles. The summed E-state index contributed by atoms with van der Waals surface area (Å²) in [6, 6.07) is 5.83. The molecule has 0 bridgehead atoms. The van der Waals surface area contributed by atoms with Crippen LogP contribution in [-0.2, 0) is 15.9 Å². The maximum absolute atomic E-state index is 11.4. The molecule has 0 aliphatic carbocycles. The Kier molecular flexibility index (Phi) is 1.88. The molecule has 1 heterocycles. The molecule has 1 aromatic rings. The van der Waals surface area contributed by atoms with Gasteiger partial charge in [-0.05, 0) is 6.07 Å². The van der Waals surface area contributed by atoms with Crippen LogP contribution in [-0.4, -0.2) is 18.7 Å². The van der Waals surface area contributed by atoms with Crippen molar-refractivity contribution in [3.63, 3.8) is 0 Å². The van der Waals surface area contributed by atoms with Crippen LogP contribution in [0, 0.1) is 0 Å². The van der Waals surface area contributed by atoms with E-state index in [-0.39, 0.29) is 10.5 Å². The van der Waals surface area contributed by atoms with Crippen molar-refractivity contribution in [1.29, 1.82) is 0 Å². The van der Waals surface area contributed by atoms with Gasteiger partial charge in [0.25, 0.3) is 0 Å². The zero-order valence-corrected chi connectivity index (χ0v) is 7.75. The quantitative estimate of drug-likeness (QED) is 0.359. The van der Waals surface area contributed by atoms with Gasteiger partial charge in [0.2, 0.25) is 15.9 Å². The van der Waals surface area contributed by atoms with Gasteiger partial charge in [-0.2, -0.15) is 10.2 Å². The summed E-state index contributed by atoms with van der Waals surface area (Å²) in [7, 11) is -3.75. The Hall–Kier alpha value is -0.990. The number of sulfonamides is 1. The summed E-state index contributed by atoms with van der Waals surface area (Å²) in [5.41, 5.74) is 1.59. The smallest absolute Gasteiger partial charge is 0.244 e. The Bertz CT molecular complexity index is 472. The number of benzene rings is 1. The lowest BCUT2D eigenvalue weighted by atomic mass is 10.1. The van der Waals surface area contributed by atoms with Gasteiger partial charge in [0, 0.05) is 5.56 Å². The van der Waals surface area contributed by atoms with Crippen LogP contribution in [0.2, 0.25) is 0 Å². The number of nitrogens with one attached hydrogen (secondary N) is 2. The van der Waals surface area contributed by atoms with Gasteiger partial charge in [0.1, 0.15) is 0 Å². The normalized spacial score (nSPS) is 28.7. The van der Waals surface area contributed by atoms with Crippen molar-refractivity contribution < 1.29 is 18.7 Å². The molecule has 76 valence electrons. The van der Waals surface area contributed by atoms with Crippen molar-refractivity contribution in [3.8, 4) is 0 Å². The van der Waals surface area contributed by atoms with Crippen molar-refractivity contribution in [1.82, 2.24) is 10.2 Å². The Labute approximate surface area is 80.2 Å². The fraction of sp³-hybridized carbons (Fsp3) is 0.143. The van der Waals surface area contributed by atoms with Crippen molar-refractivity contribution >= 4 is 10.0 Å². The third kappa shape index (κ3) is 1.15. The first kappa shape index (κ1) is 9.56. The average Bonchev–Trinajstić information content (AvgIpc) is 2.37. The number of hydroxylamine groups is 1. The van der Waals surface area contributed by atoms with E-state index in [0.717, 1.165) is 0 Å². The summed E-state index contributed by atoms with van der Waals surface area (Å²) in [6.07, 6.45) is 0. The molecule has 4 N–H and O–H groups in total. The number of fused-ring (bicyclic) bond motifs is 1.